The van der Waals surface area contributed by atoms with Crippen molar-refractivity contribution in [1.29, 1.82) is 0 Å². The molecular formula is C16H14N4O2S. The van der Waals surface area contributed by atoms with Gasteiger partial charge in [0, 0.05) is 0 Å². The molecule has 6 nitrogen and oxygen atoms in total. The molecule has 0 fully saturated rings. The minimum atomic E-state index is -0.117. The van der Waals surface area contributed by atoms with Crippen molar-refractivity contribution < 1.29 is 9.15 Å². The number of furan rings is 1. The molecule has 0 bridgehead atoms. The van der Waals surface area contributed by atoms with Crippen molar-refractivity contribution in [2.45, 2.75) is 19.4 Å². The summed E-state index contributed by atoms with van der Waals surface area (Å²) >= 11 is 1.48. The van der Waals surface area contributed by atoms with Gasteiger partial charge in [0.05, 0.1) is 6.26 Å². The Morgan fingerprint density at radius 2 is 2.04 bits per heavy atom. The highest BCUT2D eigenvalue weighted by molar-refractivity contribution is 7.16. The molecule has 0 radical (unpaired) electrons. The first kappa shape index (κ1) is 14.0. The summed E-state index contributed by atoms with van der Waals surface area (Å²) in [4.78, 5) is 0.724. The van der Waals surface area contributed by atoms with Crippen LogP contribution in [0.2, 0.25) is 0 Å². The monoisotopic (exact) mass is 326 g/mol. The van der Waals surface area contributed by atoms with Gasteiger partial charge in [0.2, 0.25) is 10.8 Å². The molecule has 0 aliphatic carbocycles. The zero-order valence-electron chi connectivity index (χ0n) is 12.4. The van der Waals surface area contributed by atoms with E-state index in [2.05, 4.69) is 22.2 Å². The molecule has 0 unspecified atom stereocenters. The van der Waals surface area contributed by atoms with Crippen molar-refractivity contribution in [3.8, 4) is 17.3 Å². The summed E-state index contributed by atoms with van der Waals surface area (Å²) in [5.74, 6) is 2.07. The second-order valence-corrected chi connectivity index (χ2v) is 5.95. The number of nitrogens with zero attached hydrogens (tertiary/aromatic N) is 4. The molecule has 23 heavy (non-hydrogen) atoms. The van der Waals surface area contributed by atoms with Crippen molar-refractivity contribution in [3.05, 3.63) is 53.7 Å². The molecule has 7 heteroatoms. The zero-order chi connectivity index (χ0) is 15.6. The minimum Gasteiger partial charge on any atom is -0.483 e. The first-order chi connectivity index (χ1) is 11.3. The summed E-state index contributed by atoms with van der Waals surface area (Å²) < 4.78 is 13.1. The molecule has 1 atom stereocenters. The maximum Gasteiger partial charge on any atom is 0.235 e. The number of para-hydroxylation sites is 1. The quantitative estimate of drug-likeness (QED) is 0.555. The predicted molar refractivity (Wildman–Crippen MR) is 86.5 cm³/mol. The van der Waals surface area contributed by atoms with Gasteiger partial charge in [-0.05, 0) is 30.7 Å². The summed E-state index contributed by atoms with van der Waals surface area (Å²) in [7, 11) is 0. The molecule has 0 N–H and O–H groups in total. The van der Waals surface area contributed by atoms with Crippen molar-refractivity contribution in [2.24, 2.45) is 0 Å². The first-order valence-electron chi connectivity index (χ1n) is 7.33. The van der Waals surface area contributed by atoms with Crippen molar-refractivity contribution in [3.63, 3.8) is 0 Å². The highest BCUT2D eigenvalue weighted by Gasteiger charge is 2.21. The second kappa shape index (κ2) is 5.85. The van der Waals surface area contributed by atoms with Crippen molar-refractivity contribution >= 4 is 16.3 Å². The van der Waals surface area contributed by atoms with Crippen LogP contribution >= 0.6 is 11.3 Å². The van der Waals surface area contributed by atoms with Gasteiger partial charge in [0.25, 0.3) is 0 Å². The van der Waals surface area contributed by atoms with E-state index in [0.29, 0.717) is 11.6 Å². The molecule has 0 saturated heterocycles. The van der Waals surface area contributed by atoms with Gasteiger partial charge < -0.3 is 9.15 Å². The number of fused-ring (bicyclic) bond motifs is 1. The number of hydrogen-bond donors (Lipinski definition) is 0. The number of rotatable bonds is 5. The summed E-state index contributed by atoms with van der Waals surface area (Å²) in [5.41, 5.74) is 0. The van der Waals surface area contributed by atoms with E-state index in [1.165, 1.54) is 11.3 Å². The van der Waals surface area contributed by atoms with Crippen LogP contribution in [0.5, 0.6) is 5.75 Å². The van der Waals surface area contributed by atoms with E-state index in [9.17, 15) is 0 Å². The average Bonchev–Trinajstić information content (AvgIpc) is 3.29. The van der Waals surface area contributed by atoms with Gasteiger partial charge in [0.1, 0.15) is 5.75 Å². The van der Waals surface area contributed by atoms with E-state index in [4.69, 9.17) is 9.15 Å². The third-order valence-electron chi connectivity index (χ3n) is 3.42. The Bertz CT molecular complexity index is 899. The molecule has 116 valence electrons. The van der Waals surface area contributed by atoms with E-state index < -0.39 is 0 Å². The maximum absolute atomic E-state index is 6.04. The molecule has 0 saturated carbocycles. The van der Waals surface area contributed by atoms with Crippen molar-refractivity contribution in [1.82, 2.24) is 19.8 Å². The number of aromatic nitrogens is 4. The normalized spacial score (nSPS) is 12.6. The zero-order valence-corrected chi connectivity index (χ0v) is 13.2. The second-order valence-electron chi connectivity index (χ2n) is 4.96. The van der Waals surface area contributed by atoms with Gasteiger partial charge in [-0.25, -0.2) is 0 Å². The fraction of sp³-hybridized carbons (Fsp3) is 0.188. The third-order valence-corrected chi connectivity index (χ3v) is 4.41. The molecule has 3 heterocycles. The molecule has 0 spiro atoms. The molecule has 0 aliphatic rings. The van der Waals surface area contributed by atoms with Crippen LogP contribution in [-0.4, -0.2) is 19.8 Å². The van der Waals surface area contributed by atoms with Crippen LogP contribution < -0.4 is 4.74 Å². The Kier molecular flexibility index (Phi) is 3.55. The molecule has 1 aromatic carbocycles. The molecule has 4 aromatic rings. The number of hydrogen-bond acceptors (Lipinski definition) is 6. The van der Waals surface area contributed by atoms with Crippen LogP contribution in [0, 0.1) is 0 Å². The Morgan fingerprint density at radius 1 is 1.17 bits per heavy atom. The number of benzene rings is 1. The fourth-order valence-corrected chi connectivity index (χ4v) is 3.24. The molecule has 0 amide bonds. The van der Waals surface area contributed by atoms with Crippen LogP contribution in [0.25, 0.3) is 16.5 Å². The first-order valence-corrected chi connectivity index (χ1v) is 8.14. The Morgan fingerprint density at radius 3 is 2.78 bits per heavy atom. The smallest absolute Gasteiger partial charge is 0.235 e. The predicted octanol–water partition coefficient (Wildman–Crippen LogP) is 3.98. The van der Waals surface area contributed by atoms with Crippen molar-refractivity contribution in [2.75, 3.05) is 0 Å². The van der Waals surface area contributed by atoms with Crippen LogP contribution in [0.15, 0.2) is 53.1 Å². The van der Waals surface area contributed by atoms with Crippen LogP contribution in [0.4, 0.5) is 0 Å². The molecular weight excluding hydrogens is 312 g/mol. The van der Waals surface area contributed by atoms with E-state index >= 15 is 0 Å². The van der Waals surface area contributed by atoms with E-state index in [1.54, 1.807) is 10.8 Å². The van der Waals surface area contributed by atoms with Gasteiger partial charge >= 0.3 is 0 Å². The summed E-state index contributed by atoms with van der Waals surface area (Å²) in [6.45, 7) is 2.07. The number of ether oxygens (including phenoxy) is 1. The topological polar surface area (TPSA) is 65.5 Å². The minimum absolute atomic E-state index is 0.117. The van der Waals surface area contributed by atoms with Gasteiger partial charge in [-0.3, -0.25) is 0 Å². The fourth-order valence-electron chi connectivity index (χ4n) is 2.29. The van der Waals surface area contributed by atoms with Gasteiger partial charge in [-0.15, -0.1) is 10.2 Å². The lowest BCUT2D eigenvalue weighted by molar-refractivity contribution is 0.199. The highest BCUT2D eigenvalue weighted by atomic mass is 32.1. The lowest BCUT2D eigenvalue weighted by Crippen LogP contribution is -2.07. The molecule has 3 aromatic heterocycles. The van der Waals surface area contributed by atoms with Gasteiger partial charge in [0.15, 0.2) is 16.9 Å². The summed E-state index contributed by atoms with van der Waals surface area (Å²) in [6.07, 6.45) is 2.31. The highest BCUT2D eigenvalue weighted by Crippen LogP contribution is 2.29. The van der Waals surface area contributed by atoms with Crippen LogP contribution in [0.1, 0.15) is 24.5 Å². The SMILES string of the molecule is CC[C@@H](Oc1ccccc1)c1nn2c(-c3ccco3)nnc2s1. The Labute approximate surface area is 136 Å². The standard InChI is InChI=1S/C16H14N4O2S/c1-2-12(22-11-7-4-3-5-8-11)15-19-20-14(13-9-6-10-21-13)17-18-16(20)23-15/h3-10,12H,2H2,1H3/t12-/m1/s1. The summed E-state index contributed by atoms with van der Waals surface area (Å²) in [6, 6.07) is 13.4. The molecule has 0 aliphatic heterocycles. The van der Waals surface area contributed by atoms with Crippen LogP contribution in [0.3, 0.4) is 0 Å². The maximum atomic E-state index is 6.04. The lowest BCUT2D eigenvalue weighted by atomic mass is 10.3. The lowest BCUT2D eigenvalue weighted by Gasteiger charge is -2.14. The van der Waals surface area contributed by atoms with Crippen LogP contribution in [-0.2, 0) is 0 Å². The van der Waals surface area contributed by atoms with E-state index in [1.807, 2.05) is 42.5 Å². The van der Waals surface area contributed by atoms with Gasteiger partial charge in [-0.2, -0.15) is 9.61 Å². The van der Waals surface area contributed by atoms with E-state index in [0.717, 1.165) is 22.1 Å². The van der Waals surface area contributed by atoms with Gasteiger partial charge in [-0.1, -0.05) is 36.5 Å². The largest absolute Gasteiger partial charge is 0.483 e. The van der Waals surface area contributed by atoms with E-state index in [-0.39, 0.29) is 6.10 Å². The third kappa shape index (κ3) is 2.59. The Balaban J connectivity index is 1.68. The average molecular weight is 326 g/mol. The summed E-state index contributed by atoms with van der Waals surface area (Å²) in [5, 5.41) is 13.8. The molecule has 4 rings (SSSR count). The Hall–Kier alpha value is -2.67.